The predicted molar refractivity (Wildman–Crippen MR) is 436 cm³/mol. The molecule has 13 atom stereocenters. The number of rotatable bonds is 39. The summed E-state index contributed by atoms with van der Waals surface area (Å²) in [5, 5.41) is 82.7. The first-order valence-corrected chi connectivity index (χ1v) is 39.9. The monoisotopic (exact) mass is 1740 g/mol. The number of aromatic amines is 1. The number of carboxylic acid groups (broad SMARTS) is 4. The van der Waals surface area contributed by atoms with Crippen molar-refractivity contribution in [1.82, 2.24) is 79.4 Å². The van der Waals surface area contributed by atoms with Crippen LogP contribution in [0.5, 0.6) is 5.75 Å². The zero-order valence-electron chi connectivity index (χ0n) is 68.9. The second kappa shape index (κ2) is 51.2. The SMILES string of the molecule is CCCCCCCCCC(=O)NC(Cc1c[nH]c2ccccc12)C(=O)NC(CC(N)=O)C(=O)NC(CC(=O)O)C(=O)NC1C(=O)NCC(=O)NC(CCCNCc2ccccc2OC)C(=O)NC(CC(=O)O)C(=O)NC(C)C(=O)NC(CC(=O)O)C(=O)NCC(=O)NC(CO)C(=O)NC(C(C)CC(=O)O)C(=O)NC(CC(=O)c2ccccc2N)C(=O)OC1C. The Morgan fingerprint density at radius 1 is 0.548 bits per heavy atom. The third kappa shape index (κ3) is 34.1. The van der Waals surface area contributed by atoms with E-state index in [1.54, 1.807) is 54.7 Å². The third-order valence-electron chi connectivity index (χ3n) is 19.5. The highest BCUT2D eigenvalue weighted by Crippen LogP contribution is 2.22. The van der Waals surface area contributed by atoms with Crippen molar-refractivity contribution in [1.29, 1.82) is 0 Å². The number of benzene rings is 3. The summed E-state index contributed by atoms with van der Waals surface area (Å²) in [6.07, 6.45) is -2.33. The minimum Gasteiger partial charge on any atom is -0.496 e. The molecule has 1 aromatic heterocycles. The number of unbranched alkanes of at least 4 members (excludes halogenated alkanes) is 6. The number of carbonyl (C=O) groups excluding carboxylic acids is 16. The molecule has 14 amide bonds. The number of ether oxygens (including phenoxy) is 2. The maximum atomic E-state index is 15.0. The van der Waals surface area contributed by atoms with Gasteiger partial charge < -0.3 is 126 Å². The molecule has 0 saturated carbocycles. The normalized spacial score (nSPS) is 20.5. The molecule has 0 aliphatic carbocycles. The van der Waals surface area contributed by atoms with Crippen LogP contribution in [0, 0.1) is 5.92 Å². The lowest BCUT2D eigenvalue weighted by atomic mass is 9.96. The number of nitrogen functional groups attached to an aromatic ring is 1. The van der Waals surface area contributed by atoms with Gasteiger partial charge in [0.1, 0.15) is 78.3 Å². The van der Waals surface area contributed by atoms with Crippen molar-refractivity contribution in [3.05, 3.63) is 95.7 Å². The number of hydrogen-bond acceptors (Lipinski definition) is 25. The fourth-order valence-electron chi connectivity index (χ4n) is 12.9. The topological polar surface area (TPSA) is 697 Å². The lowest BCUT2D eigenvalue weighted by molar-refractivity contribution is -0.156. The molecular weight excluding hydrogens is 1630 g/mol. The van der Waals surface area contributed by atoms with Gasteiger partial charge in [-0.1, -0.05) is 101 Å². The fraction of sp³-hybridized carbons (Fsp3) is 0.500. The number of fused-ring (bicyclic) bond motifs is 1. The Bertz CT molecular complexity index is 4500. The van der Waals surface area contributed by atoms with E-state index in [1.807, 2.05) is 10.6 Å². The lowest BCUT2D eigenvalue weighted by Crippen LogP contribution is -2.62. The number of hydrogen-bond donors (Lipinski definition) is 22. The number of nitrogens with one attached hydrogen (secondary N) is 15. The summed E-state index contributed by atoms with van der Waals surface area (Å²) < 4.78 is 11.2. The summed E-state index contributed by atoms with van der Waals surface area (Å²) in [5.41, 5.74) is 13.1. The van der Waals surface area contributed by atoms with Crippen molar-refractivity contribution in [3.63, 3.8) is 0 Å². The molecule has 1 aliphatic heterocycles. The first-order chi connectivity index (χ1) is 58.8. The van der Waals surface area contributed by atoms with Gasteiger partial charge in [-0.3, -0.25) is 91.1 Å². The number of carboxylic acids is 4. The number of cyclic esters (lactones) is 1. The first kappa shape index (κ1) is 101. The molecular formula is C80H109N17O27. The first-order valence-electron chi connectivity index (χ1n) is 39.9. The van der Waals surface area contributed by atoms with E-state index in [0.29, 0.717) is 40.6 Å². The number of carbonyl (C=O) groups is 20. The van der Waals surface area contributed by atoms with E-state index in [2.05, 4.69) is 75.7 Å². The smallest absolute Gasteiger partial charge is 0.329 e. The average Bonchev–Trinajstić information content (AvgIpc) is 1.56. The Kier molecular flexibility index (Phi) is 41.6. The van der Waals surface area contributed by atoms with E-state index in [0.717, 1.165) is 52.9 Å². The van der Waals surface area contributed by atoms with Gasteiger partial charge in [0.2, 0.25) is 82.7 Å². The summed E-state index contributed by atoms with van der Waals surface area (Å²) in [7, 11) is 1.43. The highest BCUT2D eigenvalue weighted by atomic mass is 16.5. The van der Waals surface area contributed by atoms with Crippen LogP contribution >= 0.6 is 0 Å². The molecule has 2 heterocycles. The minimum atomic E-state index is -2.47. The molecule has 0 spiro atoms. The van der Waals surface area contributed by atoms with Crippen molar-refractivity contribution in [2.24, 2.45) is 11.7 Å². The number of para-hydroxylation sites is 3. The van der Waals surface area contributed by atoms with E-state index >= 15 is 0 Å². The molecule has 1 aliphatic rings. The summed E-state index contributed by atoms with van der Waals surface area (Å²) in [6, 6.07) is -3.81. The number of aromatic nitrogens is 1. The number of Topliss-reactive ketones (excluding diaryl/α,β-unsaturated/α-hetero) is 1. The van der Waals surface area contributed by atoms with E-state index in [9.17, 15) is 121 Å². The Morgan fingerprint density at radius 3 is 1.73 bits per heavy atom. The number of aliphatic hydroxyl groups excluding tert-OH is 1. The number of anilines is 1. The number of nitrogens with two attached hydrogens (primary N) is 2. The molecule has 1 saturated heterocycles. The van der Waals surface area contributed by atoms with Crippen molar-refractivity contribution < 1.29 is 131 Å². The summed E-state index contributed by atoms with van der Waals surface area (Å²) >= 11 is 0. The van der Waals surface area contributed by atoms with Crippen molar-refractivity contribution in [2.45, 2.75) is 216 Å². The number of esters is 1. The Labute approximate surface area is 710 Å². The van der Waals surface area contributed by atoms with Gasteiger partial charge in [-0.15, -0.1) is 0 Å². The van der Waals surface area contributed by atoms with Gasteiger partial charge in [0, 0.05) is 59.7 Å². The van der Waals surface area contributed by atoms with Gasteiger partial charge in [0.25, 0.3) is 0 Å². The van der Waals surface area contributed by atoms with Crippen LogP contribution in [0.3, 0.4) is 0 Å². The second-order valence-electron chi connectivity index (χ2n) is 29.4. The summed E-state index contributed by atoms with van der Waals surface area (Å²) in [6.45, 7) is 1.53. The van der Waals surface area contributed by atoms with Crippen LogP contribution in [0.25, 0.3) is 10.9 Å². The molecule has 0 bridgehead atoms. The Balaban J connectivity index is 1.63. The molecule has 13 unspecified atom stereocenters. The maximum Gasteiger partial charge on any atom is 0.329 e. The lowest BCUT2D eigenvalue weighted by Gasteiger charge is -2.30. The van der Waals surface area contributed by atoms with Crippen LogP contribution in [-0.4, -0.2) is 255 Å². The molecule has 44 heteroatoms. The number of primary amides is 1. The van der Waals surface area contributed by atoms with Crippen LogP contribution < -0.4 is 90.6 Å². The largest absolute Gasteiger partial charge is 0.496 e. The molecule has 0 radical (unpaired) electrons. The molecule has 24 N–H and O–H groups in total. The van der Waals surface area contributed by atoms with Gasteiger partial charge in [-0.25, -0.2) is 4.79 Å². The highest BCUT2D eigenvalue weighted by molar-refractivity contribution is 6.05. The number of aliphatic carboxylic acids is 4. The van der Waals surface area contributed by atoms with Crippen LogP contribution in [0.2, 0.25) is 0 Å². The maximum absolute atomic E-state index is 15.0. The van der Waals surface area contributed by atoms with Crippen LogP contribution in [0.1, 0.15) is 152 Å². The van der Waals surface area contributed by atoms with Crippen molar-refractivity contribution in [3.8, 4) is 5.75 Å². The molecule has 4 aromatic rings. The molecule has 1 fully saturated rings. The molecule has 5 rings (SSSR count). The Hall–Kier alpha value is -13.7. The number of ketones is 1. The minimum absolute atomic E-state index is 0.0224. The number of H-pyrrole nitrogens is 1. The Morgan fingerprint density at radius 2 is 1.10 bits per heavy atom. The number of amides is 14. The molecule has 676 valence electrons. The van der Waals surface area contributed by atoms with Gasteiger partial charge in [-0.05, 0) is 75.4 Å². The van der Waals surface area contributed by atoms with Gasteiger partial charge in [-0.2, -0.15) is 0 Å². The number of aliphatic hydroxyl groups is 1. The second-order valence-corrected chi connectivity index (χ2v) is 29.4. The van der Waals surface area contributed by atoms with Crippen molar-refractivity contribution in [2.75, 3.05) is 39.1 Å². The van der Waals surface area contributed by atoms with Crippen LogP contribution in [-0.2, 0) is 109 Å². The van der Waals surface area contributed by atoms with Gasteiger partial charge >= 0.3 is 29.8 Å². The predicted octanol–water partition coefficient (Wildman–Crippen LogP) is -3.78. The quantitative estimate of drug-likeness (QED) is 0.00882. The van der Waals surface area contributed by atoms with Gasteiger partial charge in [0.05, 0.1) is 58.9 Å². The van der Waals surface area contributed by atoms with E-state index in [4.69, 9.17) is 20.9 Å². The molecule has 44 nitrogen and oxygen atoms in total. The van der Waals surface area contributed by atoms with E-state index in [-0.39, 0.29) is 50.0 Å². The van der Waals surface area contributed by atoms with Crippen LogP contribution in [0.15, 0.2) is 79.0 Å². The van der Waals surface area contributed by atoms with Crippen LogP contribution in [0.4, 0.5) is 5.69 Å². The number of methoxy groups -OCH3 is 1. The standard InChI is InChI=1S/C80H109N17O27/c1-6-7-8-9-10-11-12-27-61(101)89-51(30-45-37-84-49-24-17-15-21-46(45)49)74(116)92-52(32-60(82)100)75(117)94-55(35-67(110)111)76(118)97-69-43(4)124-80(122)56(31-58(99)47-22-14-16-23-48(47)81)95-79(121)68(41(2)29-64(104)105)96-77(119)57(40-98)90-63(103)38-85-71(113)53(33-65(106)107)91-70(112)42(3)87-73(115)54(34-66(108)109)93-72(114)50(88-62(102)39-86-78(69)120)25-19-28-83-36-44-20-13-18-26-59(44)123-5/h13-18,20-24,26,37,41-43,50-57,68-69,83-84,98H,6-12,19,25,27-36,38-40,81H2,1-5H3,(H2,82,100)(H,85,113)(H,86,120)(H,87,115)(H,88,102)(H,89,101)(H,90,103)(H,91,112)(H,92,116)(H,93,114)(H,94,117)(H,95,121)(H,96,119)(H,97,118)(H,104,105)(H,106,107)(H,108,109)(H,110,111). The van der Waals surface area contributed by atoms with Crippen molar-refractivity contribution >= 4 is 135 Å². The van der Waals surface area contributed by atoms with Gasteiger partial charge in [0.15, 0.2) is 5.78 Å². The summed E-state index contributed by atoms with van der Waals surface area (Å²) in [4.78, 5) is 279. The summed E-state index contributed by atoms with van der Waals surface area (Å²) in [5.74, 6) is -29.3. The molecule has 124 heavy (non-hydrogen) atoms. The zero-order valence-corrected chi connectivity index (χ0v) is 68.9. The molecule has 3 aromatic carbocycles. The third-order valence-corrected chi connectivity index (χ3v) is 19.5. The van der Waals surface area contributed by atoms with E-state index < -0.39 is 255 Å². The fourth-order valence-corrected chi connectivity index (χ4v) is 12.9. The average molecular weight is 1740 g/mol. The van der Waals surface area contributed by atoms with E-state index in [1.165, 1.54) is 31.4 Å². The zero-order chi connectivity index (χ0) is 91.9. The highest BCUT2D eigenvalue weighted by Gasteiger charge is 2.41.